The number of pyridine rings is 1. The Bertz CT molecular complexity index is 581. The number of ether oxygens (including phenoxy) is 1. The Morgan fingerprint density at radius 2 is 2.07 bits per heavy atom. The monoisotopic (exact) mass is 529 g/mol. The second kappa shape index (κ2) is 13.8. The molecule has 0 unspecified atom stereocenters. The van der Waals surface area contributed by atoms with Crippen molar-refractivity contribution in [3.05, 3.63) is 24.5 Å². The van der Waals surface area contributed by atoms with E-state index in [9.17, 15) is 13.2 Å². The van der Waals surface area contributed by atoms with Gasteiger partial charge in [-0.1, -0.05) is 0 Å². The van der Waals surface area contributed by atoms with Crippen LogP contribution in [0.2, 0.25) is 0 Å². The number of piperidine rings is 1. The number of hydrogen-bond donors (Lipinski definition) is 2. The van der Waals surface area contributed by atoms with Gasteiger partial charge in [-0.3, -0.25) is 14.9 Å². The molecule has 29 heavy (non-hydrogen) atoms. The van der Waals surface area contributed by atoms with Crippen LogP contribution in [0.4, 0.5) is 13.2 Å². The van der Waals surface area contributed by atoms with E-state index in [0.29, 0.717) is 38.7 Å². The second-order valence-corrected chi connectivity index (χ2v) is 6.85. The van der Waals surface area contributed by atoms with Gasteiger partial charge in [0.1, 0.15) is 12.4 Å². The summed E-state index contributed by atoms with van der Waals surface area (Å²) in [6, 6.07) is 3.67. The molecule has 2 rings (SSSR count). The number of likely N-dealkylation sites (tertiary alicyclic amines) is 1. The molecular weight excluding hydrogens is 498 g/mol. The molecule has 1 aromatic heterocycles. The van der Waals surface area contributed by atoms with Crippen LogP contribution in [-0.2, 0) is 0 Å². The summed E-state index contributed by atoms with van der Waals surface area (Å²) >= 11 is 0. The Hall–Kier alpha value is -1.30. The molecule has 0 radical (unpaired) electrons. The molecule has 0 aliphatic carbocycles. The Morgan fingerprint density at radius 3 is 2.69 bits per heavy atom. The average Bonchev–Trinajstić information content (AvgIpc) is 2.66. The first-order valence-corrected chi connectivity index (χ1v) is 9.80. The summed E-state index contributed by atoms with van der Waals surface area (Å²) in [5.41, 5.74) is 0. The van der Waals surface area contributed by atoms with Gasteiger partial charge in [0, 0.05) is 19.3 Å². The Balaban J connectivity index is 0.00000420. The number of aromatic nitrogens is 1. The topological polar surface area (TPSA) is 61.8 Å². The first-order valence-electron chi connectivity index (χ1n) is 9.80. The van der Waals surface area contributed by atoms with Gasteiger partial charge in [0.25, 0.3) is 0 Å². The van der Waals surface area contributed by atoms with E-state index in [1.807, 2.05) is 19.1 Å². The maximum absolute atomic E-state index is 12.4. The van der Waals surface area contributed by atoms with Gasteiger partial charge in [0.2, 0.25) is 0 Å². The van der Waals surface area contributed by atoms with Crippen molar-refractivity contribution in [1.82, 2.24) is 20.5 Å². The summed E-state index contributed by atoms with van der Waals surface area (Å²) in [4.78, 5) is 10.1. The number of nitrogens with one attached hydrogen (secondary N) is 2. The third kappa shape index (κ3) is 11.5. The van der Waals surface area contributed by atoms with Crippen LogP contribution in [-0.4, -0.2) is 67.9 Å². The van der Waals surface area contributed by atoms with Crippen molar-refractivity contribution in [2.45, 2.75) is 32.4 Å². The summed E-state index contributed by atoms with van der Waals surface area (Å²) < 4.78 is 42.9. The normalized spacial score (nSPS) is 16.2. The standard InChI is InChI=1S/C19H30F3N5O.HI/c1-2-24-18(26-10-13-28-17-4-3-8-23-14-17)25-9-5-16-6-11-27(12-7-16)15-19(20,21)22;/h3-4,8,14,16H,2,5-7,9-13,15H2,1H3,(H2,24,25,26);1H. The summed E-state index contributed by atoms with van der Waals surface area (Å²) in [6.07, 6.45) is 1.75. The zero-order valence-corrected chi connectivity index (χ0v) is 19.1. The van der Waals surface area contributed by atoms with Crippen LogP contribution >= 0.6 is 24.0 Å². The van der Waals surface area contributed by atoms with Gasteiger partial charge < -0.3 is 15.4 Å². The molecule has 2 N–H and O–H groups in total. The molecule has 6 nitrogen and oxygen atoms in total. The first-order chi connectivity index (χ1) is 13.5. The molecular formula is C19H31F3IN5O. The highest BCUT2D eigenvalue weighted by Gasteiger charge is 2.32. The molecule has 1 aromatic rings. The van der Waals surface area contributed by atoms with Crippen LogP contribution in [0.5, 0.6) is 5.75 Å². The smallest absolute Gasteiger partial charge is 0.401 e. The van der Waals surface area contributed by atoms with Crippen molar-refractivity contribution < 1.29 is 17.9 Å². The van der Waals surface area contributed by atoms with E-state index in [-0.39, 0.29) is 24.0 Å². The van der Waals surface area contributed by atoms with Gasteiger partial charge in [-0.15, -0.1) is 24.0 Å². The van der Waals surface area contributed by atoms with E-state index in [4.69, 9.17) is 4.74 Å². The maximum Gasteiger partial charge on any atom is 0.401 e. The number of nitrogens with zero attached hydrogens (tertiary/aromatic N) is 3. The third-order valence-electron chi connectivity index (χ3n) is 4.56. The molecule has 1 fully saturated rings. The number of aliphatic imine (C=N–C) groups is 1. The quantitative estimate of drug-likeness (QED) is 0.223. The van der Waals surface area contributed by atoms with Gasteiger partial charge in [-0.05, 0) is 57.3 Å². The van der Waals surface area contributed by atoms with Gasteiger partial charge >= 0.3 is 6.18 Å². The fourth-order valence-electron chi connectivity index (χ4n) is 3.16. The summed E-state index contributed by atoms with van der Waals surface area (Å²) in [5, 5.41) is 6.41. The Kier molecular flexibility index (Phi) is 12.3. The van der Waals surface area contributed by atoms with Crippen LogP contribution in [0.3, 0.4) is 0 Å². The van der Waals surface area contributed by atoms with Crippen molar-refractivity contribution in [3.63, 3.8) is 0 Å². The molecule has 0 spiro atoms. The van der Waals surface area contributed by atoms with Crippen molar-refractivity contribution in [3.8, 4) is 5.75 Å². The van der Waals surface area contributed by atoms with Crippen LogP contribution in [0, 0.1) is 5.92 Å². The van der Waals surface area contributed by atoms with Crippen molar-refractivity contribution in [2.24, 2.45) is 10.9 Å². The van der Waals surface area contributed by atoms with Crippen LogP contribution in [0.25, 0.3) is 0 Å². The molecule has 0 atom stereocenters. The third-order valence-corrected chi connectivity index (χ3v) is 4.56. The number of hydrogen-bond acceptors (Lipinski definition) is 4. The van der Waals surface area contributed by atoms with E-state index in [0.717, 1.165) is 37.5 Å². The predicted molar refractivity (Wildman–Crippen MR) is 119 cm³/mol. The minimum absolute atomic E-state index is 0. The summed E-state index contributed by atoms with van der Waals surface area (Å²) in [7, 11) is 0. The Labute approximate surface area is 187 Å². The molecule has 1 aliphatic heterocycles. The average molecular weight is 529 g/mol. The lowest BCUT2D eigenvalue weighted by atomic mass is 9.93. The van der Waals surface area contributed by atoms with Gasteiger partial charge in [0.15, 0.2) is 5.96 Å². The molecule has 2 heterocycles. The first kappa shape index (κ1) is 25.7. The van der Waals surface area contributed by atoms with E-state index in [1.165, 1.54) is 4.90 Å². The molecule has 1 aliphatic rings. The molecule has 10 heteroatoms. The van der Waals surface area contributed by atoms with Crippen LogP contribution in [0.1, 0.15) is 26.2 Å². The molecule has 0 amide bonds. The van der Waals surface area contributed by atoms with E-state index < -0.39 is 12.7 Å². The highest BCUT2D eigenvalue weighted by Crippen LogP contribution is 2.24. The van der Waals surface area contributed by atoms with Crippen molar-refractivity contribution in [2.75, 3.05) is 45.9 Å². The molecule has 166 valence electrons. The number of alkyl halides is 3. The molecule has 0 aromatic carbocycles. The fraction of sp³-hybridized carbons (Fsp3) is 0.684. The zero-order valence-electron chi connectivity index (χ0n) is 16.7. The fourth-order valence-corrected chi connectivity index (χ4v) is 3.16. The molecule has 0 saturated carbocycles. The number of halogens is 4. The van der Waals surface area contributed by atoms with Crippen LogP contribution < -0.4 is 15.4 Å². The van der Waals surface area contributed by atoms with Crippen LogP contribution in [0.15, 0.2) is 29.5 Å². The lowest BCUT2D eigenvalue weighted by Crippen LogP contribution is -2.40. The second-order valence-electron chi connectivity index (χ2n) is 6.85. The highest BCUT2D eigenvalue weighted by molar-refractivity contribution is 14.0. The van der Waals surface area contributed by atoms with Gasteiger partial charge in [-0.25, -0.2) is 0 Å². The minimum Gasteiger partial charge on any atom is -0.490 e. The maximum atomic E-state index is 12.4. The van der Waals surface area contributed by atoms with Crippen molar-refractivity contribution >= 4 is 29.9 Å². The lowest BCUT2D eigenvalue weighted by Gasteiger charge is -2.32. The Morgan fingerprint density at radius 1 is 1.31 bits per heavy atom. The van der Waals surface area contributed by atoms with Gasteiger partial charge in [0.05, 0.1) is 19.3 Å². The van der Waals surface area contributed by atoms with Gasteiger partial charge in [-0.2, -0.15) is 13.2 Å². The summed E-state index contributed by atoms with van der Waals surface area (Å²) in [6.45, 7) is 4.74. The van der Waals surface area contributed by atoms with Crippen molar-refractivity contribution in [1.29, 1.82) is 0 Å². The SMILES string of the molecule is CCNC(=NCCC1CCN(CC(F)(F)F)CC1)NCCOc1cccnc1.I. The predicted octanol–water partition coefficient (Wildman–Crippen LogP) is 3.30. The summed E-state index contributed by atoms with van der Waals surface area (Å²) in [5.74, 6) is 1.89. The highest BCUT2D eigenvalue weighted by atomic mass is 127. The van der Waals surface area contributed by atoms with E-state index in [2.05, 4.69) is 20.6 Å². The number of guanidine groups is 1. The minimum atomic E-state index is -4.11. The van der Waals surface area contributed by atoms with E-state index in [1.54, 1.807) is 12.4 Å². The largest absolute Gasteiger partial charge is 0.490 e. The molecule has 1 saturated heterocycles. The lowest BCUT2D eigenvalue weighted by molar-refractivity contribution is -0.148. The number of rotatable bonds is 9. The molecule has 0 bridgehead atoms. The van der Waals surface area contributed by atoms with E-state index >= 15 is 0 Å². The zero-order chi connectivity index (χ0) is 20.2.